The van der Waals surface area contributed by atoms with Gasteiger partial charge in [0, 0.05) is 17.7 Å². The summed E-state index contributed by atoms with van der Waals surface area (Å²) >= 11 is 3.00. The molecule has 0 aliphatic carbocycles. The van der Waals surface area contributed by atoms with Gasteiger partial charge in [-0.05, 0) is 28.8 Å². The van der Waals surface area contributed by atoms with Crippen molar-refractivity contribution in [1.29, 1.82) is 0 Å². The first-order valence-electron chi connectivity index (χ1n) is 10.9. The summed E-state index contributed by atoms with van der Waals surface area (Å²) in [6, 6.07) is 1.71. The maximum atomic E-state index is 14.4. The predicted molar refractivity (Wildman–Crippen MR) is 124 cm³/mol. The number of hydrogen-bond donors (Lipinski definition) is 0. The number of esters is 1. The van der Waals surface area contributed by atoms with Gasteiger partial charge >= 0.3 is 5.97 Å². The highest BCUT2D eigenvalue weighted by Gasteiger charge is 2.36. The molecule has 0 saturated carbocycles. The van der Waals surface area contributed by atoms with Crippen LogP contribution in [-0.2, 0) is 33.3 Å². The lowest BCUT2D eigenvalue weighted by Crippen LogP contribution is -2.31. The average Bonchev–Trinajstić information content (AvgIpc) is 2.99. The van der Waals surface area contributed by atoms with E-state index in [-0.39, 0.29) is 67.9 Å². The van der Waals surface area contributed by atoms with Gasteiger partial charge in [-0.1, -0.05) is 13.8 Å². The standard InChI is InChI=1S/C23H28BrF2NO8/c1-14(2)12-35-19(28)13-33-7-6-31-4-5-32-8-9-34-21-17(25)10-16(11-18(21)26)27-22(29)15(3)20(24)23(27)30/h10-11,14H,4-9,12-13H2,1-3H3. The lowest BCUT2D eigenvalue weighted by atomic mass is 10.2. The number of hydrogen-bond acceptors (Lipinski definition) is 8. The molecule has 0 radical (unpaired) electrons. The number of rotatable bonds is 15. The largest absolute Gasteiger partial charge is 0.485 e. The number of carbonyl (C=O) groups excluding carboxylic acids is 3. The second-order valence-corrected chi connectivity index (χ2v) is 8.62. The minimum Gasteiger partial charge on any atom is -0.485 e. The van der Waals surface area contributed by atoms with Gasteiger partial charge in [0.2, 0.25) is 0 Å². The van der Waals surface area contributed by atoms with Gasteiger partial charge in [0.25, 0.3) is 11.8 Å². The van der Waals surface area contributed by atoms with E-state index in [0.717, 1.165) is 12.1 Å². The molecule has 35 heavy (non-hydrogen) atoms. The molecule has 0 atom stereocenters. The Labute approximate surface area is 210 Å². The Morgan fingerprint density at radius 1 is 0.943 bits per heavy atom. The third-order valence-electron chi connectivity index (χ3n) is 4.50. The summed E-state index contributed by atoms with van der Waals surface area (Å²) in [5.74, 6) is -4.29. The highest BCUT2D eigenvalue weighted by molar-refractivity contribution is 9.12. The SMILES string of the molecule is CC1=C(Br)C(=O)N(c2cc(F)c(OCCOCCOCCOCC(=O)OCC(C)C)c(F)c2)C1=O. The molecule has 194 valence electrons. The van der Waals surface area contributed by atoms with E-state index in [9.17, 15) is 23.2 Å². The molecule has 0 spiro atoms. The summed E-state index contributed by atoms with van der Waals surface area (Å²) in [6.45, 7) is 6.35. The number of carbonyl (C=O) groups is 3. The fourth-order valence-electron chi connectivity index (χ4n) is 2.76. The first kappa shape index (κ1) is 28.8. The van der Waals surface area contributed by atoms with Crippen molar-refractivity contribution in [3.63, 3.8) is 0 Å². The molecule has 0 fully saturated rings. The highest BCUT2D eigenvalue weighted by Crippen LogP contribution is 2.33. The zero-order valence-electron chi connectivity index (χ0n) is 19.7. The van der Waals surface area contributed by atoms with Crippen LogP contribution in [0.1, 0.15) is 20.8 Å². The summed E-state index contributed by atoms with van der Waals surface area (Å²) in [5, 5.41) is 0. The number of amides is 2. The Kier molecular flexibility index (Phi) is 11.7. The second-order valence-electron chi connectivity index (χ2n) is 7.83. The van der Waals surface area contributed by atoms with Gasteiger partial charge in [0.05, 0.1) is 49.8 Å². The van der Waals surface area contributed by atoms with Crippen LogP contribution < -0.4 is 9.64 Å². The van der Waals surface area contributed by atoms with Crippen LogP contribution in [0.2, 0.25) is 0 Å². The number of halogens is 3. The van der Waals surface area contributed by atoms with Gasteiger partial charge in [0.15, 0.2) is 17.4 Å². The molecule has 0 unspecified atom stereocenters. The third-order valence-corrected chi connectivity index (χ3v) is 5.43. The summed E-state index contributed by atoms with van der Waals surface area (Å²) in [7, 11) is 0. The third kappa shape index (κ3) is 8.64. The summed E-state index contributed by atoms with van der Waals surface area (Å²) < 4.78 is 54.6. The van der Waals surface area contributed by atoms with E-state index in [4.69, 9.17) is 23.7 Å². The zero-order valence-corrected chi connectivity index (χ0v) is 21.3. The van der Waals surface area contributed by atoms with Crippen molar-refractivity contribution in [3.8, 4) is 5.75 Å². The van der Waals surface area contributed by atoms with Crippen LogP contribution in [0.5, 0.6) is 5.75 Å². The van der Waals surface area contributed by atoms with E-state index in [1.165, 1.54) is 6.92 Å². The van der Waals surface area contributed by atoms with E-state index in [0.29, 0.717) is 11.5 Å². The van der Waals surface area contributed by atoms with Crippen molar-refractivity contribution in [2.75, 3.05) is 57.8 Å². The number of imide groups is 1. The Hall–Kier alpha value is -2.41. The summed E-state index contributed by atoms with van der Waals surface area (Å²) in [5.41, 5.74) is -0.0902. The minimum atomic E-state index is -1.06. The van der Waals surface area contributed by atoms with Crippen molar-refractivity contribution < 1.29 is 46.8 Å². The molecule has 2 amide bonds. The number of benzene rings is 1. The molecule has 1 heterocycles. The van der Waals surface area contributed by atoms with E-state index in [1.807, 2.05) is 13.8 Å². The van der Waals surface area contributed by atoms with Crippen LogP contribution >= 0.6 is 15.9 Å². The van der Waals surface area contributed by atoms with E-state index >= 15 is 0 Å². The average molecular weight is 564 g/mol. The molecule has 1 aromatic carbocycles. The van der Waals surface area contributed by atoms with Gasteiger partial charge in [-0.3, -0.25) is 9.59 Å². The molecule has 0 bridgehead atoms. The fraction of sp³-hybridized carbons (Fsp3) is 0.522. The molecule has 0 N–H and O–H groups in total. The van der Waals surface area contributed by atoms with Gasteiger partial charge in [-0.15, -0.1) is 0 Å². The van der Waals surface area contributed by atoms with Crippen molar-refractivity contribution in [2.24, 2.45) is 5.92 Å². The van der Waals surface area contributed by atoms with Crippen LogP contribution in [-0.4, -0.2) is 70.6 Å². The van der Waals surface area contributed by atoms with Crippen LogP contribution in [0.15, 0.2) is 22.2 Å². The molecule has 2 rings (SSSR count). The molecule has 0 saturated heterocycles. The molecule has 1 aliphatic heterocycles. The Balaban J connectivity index is 1.61. The smallest absolute Gasteiger partial charge is 0.332 e. The lowest BCUT2D eigenvalue weighted by Gasteiger charge is -2.16. The number of nitrogens with zero attached hydrogens (tertiary/aromatic N) is 1. The van der Waals surface area contributed by atoms with E-state index in [2.05, 4.69) is 15.9 Å². The van der Waals surface area contributed by atoms with Gasteiger partial charge < -0.3 is 23.7 Å². The number of anilines is 1. The minimum absolute atomic E-state index is 0.0408. The molecular formula is C23H28BrF2NO8. The predicted octanol–water partition coefficient (Wildman–Crippen LogP) is 3.13. The maximum absolute atomic E-state index is 14.4. The van der Waals surface area contributed by atoms with Gasteiger partial charge in [-0.2, -0.15) is 0 Å². The Morgan fingerprint density at radius 2 is 1.49 bits per heavy atom. The van der Waals surface area contributed by atoms with Gasteiger partial charge in [0.1, 0.15) is 13.2 Å². The molecule has 12 heteroatoms. The normalized spacial score (nSPS) is 13.9. The summed E-state index contributed by atoms with van der Waals surface area (Å²) in [6.07, 6.45) is 0. The van der Waals surface area contributed by atoms with Crippen LogP contribution in [0.4, 0.5) is 14.5 Å². The summed E-state index contributed by atoms with van der Waals surface area (Å²) in [4.78, 5) is 36.4. The van der Waals surface area contributed by atoms with Crippen molar-refractivity contribution >= 4 is 39.4 Å². The topological polar surface area (TPSA) is 101 Å². The maximum Gasteiger partial charge on any atom is 0.332 e. The molecule has 1 aromatic rings. The van der Waals surface area contributed by atoms with Crippen molar-refractivity contribution in [1.82, 2.24) is 0 Å². The zero-order chi connectivity index (χ0) is 26.0. The first-order valence-corrected chi connectivity index (χ1v) is 11.7. The van der Waals surface area contributed by atoms with Crippen molar-refractivity contribution in [3.05, 3.63) is 33.8 Å². The van der Waals surface area contributed by atoms with Crippen LogP contribution in [0, 0.1) is 17.6 Å². The van der Waals surface area contributed by atoms with Crippen LogP contribution in [0.25, 0.3) is 0 Å². The van der Waals surface area contributed by atoms with Crippen molar-refractivity contribution in [2.45, 2.75) is 20.8 Å². The first-order chi connectivity index (χ1) is 16.6. The van der Waals surface area contributed by atoms with E-state index < -0.39 is 35.2 Å². The molecule has 9 nitrogen and oxygen atoms in total. The second kappa shape index (κ2) is 14.2. The van der Waals surface area contributed by atoms with Crippen LogP contribution in [0.3, 0.4) is 0 Å². The van der Waals surface area contributed by atoms with E-state index in [1.54, 1.807) is 0 Å². The molecular weight excluding hydrogens is 536 g/mol. The monoisotopic (exact) mass is 563 g/mol. The Bertz CT molecular complexity index is 906. The highest BCUT2D eigenvalue weighted by atomic mass is 79.9. The fourth-order valence-corrected chi connectivity index (χ4v) is 3.11. The quantitative estimate of drug-likeness (QED) is 0.182. The Morgan fingerprint density at radius 3 is 2.00 bits per heavy atom. The van der Waals surface area contributed by atoms with Gasteiger partial charge in [-0.25, -0.2) is 18.5 Å². The molecule has 0 aromatic heterocycles. The lowest BCUT2D eigenvalue weighted by molar-refractivity contribution is -0.150. The molecule has 1 aliphatic rings. The number of ether oxygens (including phenoxy) is 5.